The molecule has 0 N–H and O–H groups in total. The second-order valence-electron chi connectivity index (χ2n) is 29.8. The van der Waals surface area contributed by atoms with Crippen LogP contribution in [0.4, 0.5) is 0 Å². The summed E-state index contributed by atoms with van der Waals surface area (Å²) in [6, 6.07) is 131. The van der Waals surface area contributed by atoms with E-state index in [-0.39, 0.29) is 0 Å². The van der Waals surface area contributed by atoms with E-state index in [2.05, 4.69) is 364 Å². The molecular weight excluding hydrogens is 1410 g/mol. The molecule has 114 heavy (non-hydrogen) atoms. The standard InChI is InChI=1S/C52H30N4O.C52H30N4S/c2*1-3-15-34-31(13-1)25-27-44-48(34)38-19-6-10-22-42(38)55(44)50-35-16-4-2-14-32(35)30-45-49(50)39-20-7-11-23-43(39)56(45)52-37-18-5-9-21-41(37)53-51(54-52)33-26-28-47-40(29-33)36-17-8-12-24-46(36)57-47/h2*1-30H. The molecule has 26 rings (SSSR count). The van der Waals surface area contributed by atoms with Crippen LogP contribution in [0.3, 0.4) is 0 Å². The maximum atomic E-state index is 6.20. The van der Waals surface area contributed by atoms with Crippen LogP contribution in [0.25, 0.3) is 240 Å². The van der Waals surface area contributed by atoms with E-state index in [9.17, 15) is 0 Å². The van der Waals surface area contributed by atoms with Crippen LogP contribution in [0, 0.1) is 0 Å². The van der Waals surface area contributed by atoms with E-state index < -0.39 is 0 Å². The minimum atomic E-state index is 0.664. The van der Waals surface area contributed by atoms with Gasteiger partial charge in [-0.15, -0.1) is 11.3 Å². The Morgan fingerprint density at radius 2 is 0.579 bits per heavy atom. The largest absolute Gasteiger partial charge is 0.456 e. The maximum absolute atomic E-state index is 6.20. The molecule has 0 radical (unpaired) electrons. The Balaban J connectivity index is 0.000000129. The zero-order valence-electron chi connectivity index (χ0n) is 61.0. The fraction of sp³-hybridized carbons (Fsp3) is 0. The summed E-state index contributed by atoms with van der Waals surface area (Å²) < 4.78 is 18.5. The van der Waals surface area contributed by atoms with Crippen LogP contribution in [0.2, 0.25) is 0 Å². The zero-order chi connectivity index (χ0) is 74.4. The van der Waals surface area contributed by atoms with E-state index in [4.69, 9.17) is 24.4 Å². The first kappa shape index (κ1) is 62.8. The normalized spacial score (nSPS) is 12.2. The summed E-state index contributed by atoms with van der Waals surface area (Å²) in [5, 5.41) is 26.1. The van der Waals surface area contributed by atoms with Gasteiger partial charge in [-0.1, -0.05) is 243 Å². The van der Waals surface area contributed by atoms with Crippen molar-refractivity contribution in [2.75, 3.05) is 0 Å². The topological polar surface area (TPSA) is 84.4 Å². The molecule has 8 aromatic heterocycles. The lowest BCUT2D eigenvalue weighted by Gasteiger charge is -2.16. The molecule has 0 saturated heterocycles. The molecular formula is C104H60N8OS. The molecule has 26 aromatic rings. The lowest BCUT2D eigenvalue weighted by atomic mass is 10.0. The zero-order valence-corrected chi connectivity index (χ0v) is 61.9. The van der Waals surface area contributed by atoms with Gasteiger partial charge in [-0.2, -0.15) is 0 Å². The fourth-order valence-corrected chi connectivity index (χ4v) is 19.9. The first-order valence-electron chi connectivity index (χ1n) is 38.7. The monoisotopic (exact) mass is 1470 g/mol. The number of thiophene rings is 1. The van der Waals surface area contributed by atoms with Crippen molar-refractivity contribution in [1.82, 2.24) is 38.2 Å². The molecule has 0 aliphatic rings. The minimum absolute atomic E-state index is 0.664. The highest BCUT2D eigenvalue weighted by Crippen LogP contribution is 2.49. The lowest BCUT2D eigenvalue weighted by Crippen LogP contribution is -2.03. The predicted molar refractivity (Wildman–Crippen MR) is 477 cm³/mol. The first-order valence-corrected chi connectivity index (χ1v) is 39.5. The van der Waals surface area contributed by atoms with Gasteiger partial charge in [0.1, 0.15) is 22.8 Å². The molecule has 528 valence electrons. The molecule has 8 heterocycles. The van der Waals surface area contributed by atoms with Crippen molar-refractivity contribution < 1.29 is 4.42 Å². The number of aromatic nitrogens is 8. The Bertz CT molecular complexity index is 8160. The highest BCUT2D eigenvalue weighted by Gasteiger charge is 2.28. The smallest absolute Gasteiger partial charge is 0.162 e. The number of furan rings is 1. The van der Waals surface area contributed by atoms with E-state index >= 15 is 0 Å². The van der Waals surface area contributed by atoms with Gasteiger partial charge in [-0.05, 0) is 154 Å². The van der Waals surface area contributed by atoms with Crippen LogP contribution in [0.5, 0.6) is 0 Å². The average molecular weight is 1470 g/mol. The van der Waals surface area contributed by atoms with Crippen LogP contribution in [0.1, 0.15) is 0 Å². The summed E-state index contributed by atoms with van der Waals surface area (Å²) in [4.78, 5) is 21.5. The van der Waals surface area contributed by atoms with E-state index in [1.54, 1.807) is 0 Å². The highest BCUT2D eigenvalue weighted by molar-refractivity contribution is 7.25. The molecule has 18 aromatic carbocycles. The molecule has 0 amide bonds. The summed E-state index contributed by atoms with van der Waals surface area (Å²) in [7, 11) is 0. The number of hydrogen-bond acceptors (Lipinski definition) is 6. The third-order valence-corrected chi connectivity index (χ3v) is 24.9. The van der Waals surface area contributed by atoms with E-state index in [1.165, 1.54) is 123 Å². The number of rotatable bonds is 6. The Morgan fingerprint density at radius 1 is 0.211 bits per heavy atom. The predicted octanol–water partition coefficient (Wildman–Crippen LogP) is 27.9. The van der Waals surface area contributed by atoms with Gasteiger partial charge in [-0.25, -0.2) is 19.9 Å². The fourth-order valence-electron chi connectivity index (χ4n) is 18.9. The molecule has 9 nitrogen and oxygen atoms in total. The second kappa shape index (κ2) is 24.2. The van der Waals surface area contributed by atoms with Crippen molar-refractivity contribution in [3.63, 3.8) is 0 Å². The number of para-hydroxylation sites is 7. The Hall–Kier alpha value is -15.1. The number of nitrogens with zero attached hydrogens (tertiary/aromatic N) is 8. The van der Waals surface area contributed by atoms with E-state index in [0.29, 0.717) is 11.6 Å². The SMILES string of the molecule is c1ccc2c(-n3c4ccccc4c4c5ccccc5ccc43)c3c4ccccc4n(-c4nc(-c5ccc6oc7ccccc7c6c5)nc5ccccc45)c3cc2c1.c1ccc2c(-n3c4ccccc4c4c5ccccc5ccc43)c3c4ccccc4n(-c4nc(-c5ccc6sc7ccccc7c6c5)nc5ccccc45)c3cc2c1. The molecule has 0 unspecified atom stereocenters. The van der Waals surface area contributed by atoms with Gasteiger partial charge >= 0.3 is 0 Å². The number of benzene rings is 18. The Kier molecular flexibility index (Phi) is 13.3. The molecule has 0 fully saturated rings. The quantitative estimate of drug-likeness (QED) is 0.166. The molecule has 0 saturated carbocycles. The summed E-state index contributed by atoms with van der Waals surface area (Å²) in [5.41, 5.74) is 16.9. The van der Waals surface area contributed by atoms with Gasteiger partial charge in [0.2, 0.25) is 0 Å². The maximum Gasteiger partial charge on any atom is 0.162 e. The van der Waals surface area contributed by atoms with Gasteiger partial charge < -0.3 is 13.6 Å². The molecule has 0 bridgehead atoms. The van der Waals surface area contributed by atoms with Crippen molar-refractivity contribution in [3.05, 3.63) is 364 Å². The minimum Gasteiger partial charge on any atom is -0.456 e. The van der Waals surface area contributed by atoms with Crippen LogP contribution in [-0.2, 0) is 0 Å². The molecule has 0 atom stereocenters. The molecule has 0 aliphatic carbocycles. The van der Waals surface area contributed by atoms with Crippen LogP contribution in [0.15, 0.2) is 368 Å². The van der Waals surface area contributed by atoms with Crippen molar-refractivity contribution in [2.24, 2.45) is 0 Å². The second-order valence-corrected chi connectivity index (χ2v) is 30.9. The highest BCUT2D eigenvalue weighted by atomic mass is 32.1. The molecule has 0 spiro atoms. The summed E-state index contributed by atoms with van der Waals surface area (Å²) >= 11 is 1.83. The van der Waals surface area contributed by atoms with Crippen molar-refractivity contribution in [3.8, 4) is 45.8 Å². The molecule has 10 heteroatoms. The van der Waals surface area contributed by atoms with Gasteiger partial charge in [0.05, 0.1) is 66.5 Å². The van der Waals surface area contributed by atoms with Gasteiger partial charge in [0.25, 0.3) is 0 Å². The van der Waals surface area contributed by atoms with Gasteiger partial charge in [0, 0.05) is 107 Å². The Labute approximate surface area is 653 Å². The van der Waals surface area contributed by atoms with Crippen LogP contribution >= 0.6 is 11.3 Å². The van der Waals surface area contributed by atoms with Crippen molar-refractivity contribution >= 4 is 206 Å². The van der Waals surface area contributed by atoms with Crippen molar-refractivity contribution in [2.45, 2.75) is 0 Å². The third-order valence-electron chi connectivity index (χ3n) is 23.7. The lowest BCUT2D eigenvalue weighted by molar-refractivity contribution is 0.669. The first-order chi connectivity index (χ1) is 56.6. The van der Waals surface area contributed by atoms with Gasteiger partial charge in [0.15, 0.2) is 11.6 Å². The summed E-state index contributed by atoms with van der Waals surface area (Å²) in [6.45, 7) is 0. The number of fused-ring (bicyclic) bond motifs is 26. The van der Waals surface area contributed by atoms with Crippen LogP contribution < -0.4 is 0 Å². The summed E-state index contributed by atoms with van der Waals surface area (Å²) in [5.74, 6) is 3.08. The third kappa shape index (κ3) is 9.10. The van der Waals surface area contributed by atoms with Gasteiger partial charge in [-0.3, -0.25) is 9.13 Å². The average Bonchev–Trinajstić information content (AvgIpc) is 1.54. The van der Waals surface area contributed by atoms with E-state index in [0.717, 1.165) is 105 Å². The van der Waals surface area contributed by atoms with E-state index in [1.807, 2.05) is 29.5 Å². The number of hydrogen-bond donors (Lipinski definition) is 0. The summed E-state index contributed by atoms with van der Waals surface area (Å²) in [6.07, 6.45) is 0. The van der Waals surface area contributed by atoms with Crippen LogP contribution in [-0.4, -0.2) is 38.2 Å². The Morgan fingerprint density at radius 3 is 1.10 bits per heavy atom. The van der Waals surface area contributed by atoms with Crippen molar-refractivity contribution in [1.29, 1.82) is 0 Å². The molecule has 0 aliphatic heterocycles.